The molecule has 57 heavy (non-hydrogen) atoms. The molecule has 0 N–H and O–H groups in total. The fraction of sp³-hybridized carbons (Fsp3) is 0.0545. The van der Waals surface area contributed by atoms with Gasteiger partial charge in [0, 0.05) is 22.1 Å². The number of benzene rings is 8. The highest BCUT2D eigenvalue weighted by atomic mass is 14.9. The maximum Gasteiger partial charge on any atom is 0.160 e. The SMILES string of the molecule is CC1(C)c2ccccc2-c2cc(-c3ccc(-c4cccc(-c5nc(-c6cccc(-c7ccccc7)c6)cc(-c6cccc(-c7ccccc7)c6)n5)c4)cc3)ccc21. The maximum atomic E-state index is 5.25. The zero-order chi connectivity index (χ0) is 38.3. The molecule has 1 aliphatic carbocycles. The molecule has 1 aromatic heterocycles. The van der Waals surface area contributed by atoms with Crippen LogP contribution in [-0.4, -0.2) is 9.97 Å². The monoisotopic (exact) mass is 728 g/mol. The molecule has 10 rings (SSSR count). The molecule has 0 saturated heterocycles. The molecule has 1 heterocycles. The first-order valence-electron chi connectivity index (χ1n) is 19.6. The van der Waals surface area contributed by atoms with Crippen LogP contribution in [0.3, 0.4) is 0 Å². The van der Waals surface area contributed by atoms with Crippen LogP contribution in [0.1, 0.15) is 25.0 Å². The normalized spacial score (nSPS) is 12.5. The molecule has 0 aliphatic heterocycles. The Bertz CT molecular complexity index is 2810. The Kier molecular flexibility index (Phi) is 8.53. The highest BCUT2D eigenvalue weighted by Crippen LogP contribution is 2.49. The van der Waals surface area contributed by atoms with Crippen molar-refractivity contribution < 1.29 is 0 Å². The summed E-state index contributed by atoms with van der Waals surface area (Å²) in [4.78, 5) is 10.5. The average molecular weight is 729 g/mol. The summed E-state index contributed by atoms with van der Waals surface area (Å²) in [7, 11) is 0. The van der Waals surface area contributed by atoms with Gasteiger partial charge in [0.15, 0.2) is 5.82 Å². The van der Waals surface area contributed by atoms with Crippen LogP contribution >= 0.6 is 0 Å². The number of aromatic nitrogens is 2. The number of rotatable bonds is 7. The maximum absolute atomic E-state index is 5.25. The summed E-state index contributed by atoms with van der Waals surface area (Å²) in [6, 6.07) is 73.7. The van der Waals surface area contributed by atoms with Crippen LogP contribution in [0.15, 0.2) is 206 Å². The van der Waals surface area contributed by atoms with Crippen molar-refractivity contribution in [3.8, 4) is 89.5 Å². The molecule has 0 unspecified atom stereocenters. The number of nitrogens with zero attached hydrogens (tertiary/aromatic N) is 2. The first kappa shape index (κ1) is 34.3. The quantitative estimate of drug-likeness (QED) is 0.163. The van der Waals surface area contributed by atoms with E-state index in [0.717, 1.165) is 50.3 Å². The first-order valence-corrected chi connectivity index (χ1v) is 19.6. The molecule has 1 aliphatic rings. The van der Waals surface area contributed by atoms with Crippen molar-refractivity contribution in [2.75, 3.05) is 0 Å². The molecule has 2 heteroatoms. The molecule has 0 fully saturated rings. The minimum atomic E-state index is 0.00171. The largest absolute Gasteiger partial charge is 0.228 e. The van der Waals surface area contributed by atoms with Crippen molar-refractivity contribution in [2.45, 2.75) is 19.3 Å². The summed E-state index contributed by atoms with van der Waals surface area (Å²) < 4.78 is 0. The summed E-state index contributed by atoms with van der Waals surface area (Å²) in [5, 5.41) is 0. The molecule has 0 radical (unpaired) electrons. The van der Waals surface area contributed by atoms with Gasteiger partial charge in [-0.25, -0.2) is 9.97 Å². The van der Waals surface area contributed by atoms with E-state index in [4.69, 9.17) is 9.97 Å². The third-order valence-electron chi connectivity index (χ3n) is 11.5. The standard InChI is InChI=1S/C55H40N2/c1-55(2)50-25-10-9-24-48(50)49-35-44(30-31-51(49)55)40-28-26-39(27-29-40)43-20-13-23-47(34-43)54-56-52(45-21-11-18-41(32-45)37-14-5-3-6-15-37)36-53(57-54)46-22-12-19-42(33-46)38-16-7-4-8-17-38/h3-36H,1-2H3. The zero-order valence-electron chi connectivity index (χ0n) is 32.0. The van der Waals surface area contributed by atoms with Gasteiger partial charge in [-0.1, -0.05) is 190 Å². The molecule has 270 valence electrons. The van der Waals surface area contributed by atoms with Gasteiger partial charge in [-0.15, -0.1) is 0 Å². The van der Waals surface area contributed by atoms with E-state index in [1.54, 1.807) is 0 Å². The summed E-state index contributed by atoms with van der Waals surface area (Å²) >= 11 is 0. The van der Waals surface area contributed by atoms with E-state index in [0.29, 0.717) is 5.82 Å². The molecular weight excluding hydrogens is 689 g/mol. The van der Waals surface area contributed by atoms with Gasteiger partial charge in [-0.2, -0.15) is 0 Å². The Morgan fingerprint density at radius 1 is 0.281 bits per heavy atom. The number of hydrogen-bond donors (Lipinski definition) is 0. The lowest BCUT2D eigenvalue weighted by Gasteiger charge is -2.21. The minimum absolute atomic E-state index is 0.00171. The van der Waals surface area contributed by atoms with E-state index in [-0.39, 0.29) is 5.41 Å². The van der Waals surface area contributed by atoms with Crippen LogP contribution in [0.25, 0.3) is 89.5 Å². The van der Waals surface area contributed by atoms with E-state index < -0.39 is 0 Å². The van der Waals surface area contributed by atoms with E-state index >= 15 is 0 Å². The number of hydrogen-bond acceptors (Lipinski definition) is 2. The summed E-state index contributed by atoms with van der Waals surface area (Å²) in [5.41, 5.74) is 19.7. The predicted octanol–water partition coefficient (Wildman–Crippen LogP) is 14.5. The Balaban J connectivity index is 1.02. The van der Waals surface area contributed by atoms with Crippen LogP contribution in [-0.2, 0) is 5.41 Å². The molecular formula is C55H40N2. The molecule has 0 bridgehead atoms. The smallest absolute Gasteiger partial charge is 0.160 e. The second-order valence-electron chi connectivity index (χ2n) is 15.4. The molecule has 2 nitrogen and oxygen atoms in total. The fourth-order valence-electron chi connectivity index (χ4n) is 8.44. The predicted molar refractivity (Wildman–Crippen MR) is 238 cm³/mol. The van der Waals surface area contributed by atoms with Crippen molar-refractivity contribution in [1.82, 2.24) is 9.97 Å². The zero-order valence-corrected chi connectivity index (χ0v) is 32.0. The summed E-state index contributed by atoms with van der Waals surface area (Å²) in [5.74, 6) is 0.692. The van der Waals surface area contributed by atoms with Crippen molar-refractivity contribution >= 4 is 0 Å². The summed E-state index contributed by atoms with van der Waals surface area (Å²) in [6.45, 7) is 4.66. The van der Waals surface area contributed by atoms with Gasteiger partial charge in [0.2, 0.25) is 0 Å². The van der Waals surface area contributed by atoms with Crippen LogP contribution in [0.2, 0.25) is 0 Å². The van der Waals surface area contributed by atoms with E-state index in [9.17, 15) is 0 Å². The van der Waals surface area contributed by atoms with Gasteiger partial charge in [0.1, 0.15) is 0 Å². The van der Waals surface area contributed by atoms with Gasteiger partial charge in [-0.05, 0) is 97.1 Å². The Morgan fingerprint density at radius 3 is 1.23 bits per heavy atom. The Labute approximate surface area is 334 Å². The Hall–Kier alpha value is -7.16. The fourth-order valence-corrected chi connectivity index (χ4v) is 8.44. The molecule has 0 amide bonds. The molecule has 8 aromatic carbocycles. The Morgan fingerprint density at radius 2 is 0.667 bits per heavy atom. The van der Waals surface area contributed by atoms with Gasteiger partial charge >= 0.3 is 0 Å². The van der Waals surface area contributed by atoms with Crippen molar-refractivity contribution in [3.05, 3.63) is 217 Å². The van der Waals surface area contributed by atoms with E-state index in [1.807, 2.05) is 0 Å². The molecule has 0 spiro atoms. The average Bonchev–Trinajstić information content (AvgIpc) is 3.52. The molecule has 9 aromatic rings. The number of fused-ring (bicyclic) bond motifs is 3. The highest BCUT2D eigenvalue weighted by molar-refractivity contribution is 5.85. The van der Waals surface area contributed by atoms with E-state index in [1.165, 1.54) is 44.5 Å². The molecule has 0 atom stereocenters. The van der Waals surface area contributed by atoms with Gasteiger partial charge in [0.25, 0.3) is 0 Å². The van der Waals surface area contributed by atoms with Crippen LogP contribution in [0.4, 0.5) is 0 Å². The third-order valence-corrected chi connectivity index (χ3v) is 11.5. The van der Waals surface area contributed by atoms with Crippen molar-refractivity contribution in [2.24, 2.45) is 0 Å². The topological polar surface area (TPSA) is 25.8 Å². The highest BCUT2D eigenvalue weighted by Gasteiger charge is 2.35. The summed E-state index contributed by atoms with van der Waals surface area (Å²) in [6.07, 6.45) is 0. The third kappa shape index (κ3) is 6.46. The minimum Gasteiger partial charge on any atom is -0.228 e. The van der Waals surface area contributed by atoms with Crippen LogP contribution < -0.4 is 0 Å². The second kappa shape index (κ2) is 14.2. The second-order valence-corrected chi connectivity index (χ2v) is 15.4. The van der Waals surface area contributed by atoms with Gasteiger partial charge in [0.05, 0.1) is 11.4 Å². The van der Waals surface area contributed by atoms with Gasteiger partial charge < -0.3 is 0 Å². The lowest BCUT2D eigenvalue weighted by atomic mass is 9.82. The molecule has 0 saturated carbocycles. The lowest BCUT2D eigenvalue weighted by molar-refractivity contribution is 0.660. The van der Waals surface area contributed by atoms with E-state index in [2.05, 4.69) is 220 Å². The van der Waals surface area contributed by atoms with Gasteiger partial charge in [-0.3, -0.25) is 0 Å². The lowest BCUT2D eigenvalue weighted by Crippen LogP contribution is -2.14. The first-order chi connectivity index (χ1) is 28.0. The van der Waals surface area contributed by atoms with Crippen molar-refractivity contribution in [1.29, 1.82) is 0 Å². The van der Waals surface area contributed by atoms with Crippen molar-refractivity contribution in [3.63, 3.8) is 0 Å². The van der Waals surface area contributed by atoms with Crippen LogP contribution in [0, 0.1) is 0 Å². The van der Waals surface area contributed by atoms with Crippen LogP contribution in [0.5, 0.6) is 0 Å².